The predicted molar refractivity (Wildman–Crippen MR) is 89.3 cm³/mol. The van der Waals surface area contributed by atoms with E-state index in [0.29, 0.717) is 17.9 Å². The van der Waals surface area contributed by atoms with Crippen LogP contribution < -0.4 is 5.32 Å². The molecule has 0 aliphatic rings. The largest absolute Gasteiger partial charge is 0.380 e. The molecule has 0 unspecified atom stereocenters. The summed E-state index contributed by atoms with van der Waals surface area (Å²) in [5.74, 6) is -0.202. The van der Waals surface area contributed by atoms with E-state index in [1.54, 1.807) is 38.3 Å². The normalized spacial score (nSPS) is 11.2. The van der Waals surface area contributed by atoms with Gasteiger partial charge in [-0.15, -0.1) is 0 Å². The quantitative estimate of drug-likeness (QED) is 0.882. The summed E-state index contributed by atoms with van der Waals surface area (Å²) < 4.78 is 28.5. The lowest BCUT2D eigenvalue weighted by atomic mass is 10.1. The molecule has 2 aromatic rings. The fourth-order valence-corrected chi connectivity index (χ4v) is 2.92. The van der Waals surface area contributed by atoms with Crippen LogP contribution in [0.5, 0.6) is 0 Å². The molecule has 1 amide bonds. The van der Waals surface area contributed by atoms with Gasteiger partial charge in [-0.05, 0) is 42.0 Å². The maximum Gasteiger partial charge on any atom is 0.255 e. The number of carbonyl (C=O) groups excluding carboxylic acids is 1. The Morgan fingerprint density at radius 2 is 1.65 bits per heavy atom. The van der Waals surface area contributed by atoms with E-state index in [9.17, 15) is 13.2 Å². The first-order chi connectivity index (χ1) is 11.0. The number of hydrogen-bond donors (Lipinski definition) is 1. The van der Waals surface area contributed by atoms with E-state index >= 15 is 0 Å². The van der Waals surface area contributed by atoms with E-state index in [1.807, 2.05) is 12.1 Å². The summed E-state index contributed by atoms with van der Waals surface area (Å²) in [7, 11) is -1.62. The van der Waals surface area contributed by atoms with E-state index < -0.39 is 9.84 Å². The minimum atomic E-state index is -3.23. The minimum absolute atomic E-state index is 0.0481. The van der Waals surface area contributed by atoms with Gasteiger partial charge in [-0.3, -0.25) is 4.79 Å². The molecular formula is C17H19NO4S. The lowest BCUT2D eigenvalue weighted by molar-refractivity contribution is 0.102. The molecule has 0 fully saturated rings. The lowest BCUT2D eigenvalue weighted by Crippen LogP contribution is -2.12. The van der Waals surface area contributed by atoms with Crippen LogP contribution in [0.4, 0.5) is 5.69 Å². The van der Waals surface area contributed by atoms with Gasteiger partial charge in [0.05, 0.1) is 17.3 Å². The third-order valence-electron chi connectivity index (χ3n) is 3.38. The number of benzene rings is 2. The van der Waals surface area contributed by atoms with E-state index in [0.717, 1.165) is 5.56 Å². The second kappa shape index (κ2) is 7.39. The van der Waals surface area contributed by atoms with Crippen molar-refractivity contribution in [2.24, 2.45) is 0 Å². The van der Waals surface area contributed by atoms with Crippen molar-refractivity contribution in [1.29, 1.82) is 0 Å². The zero-order valence-electron chi connectivity index (χ0n) is 13.1. The molecule has 122 valence electrons. The third kappa shape index (κ3) is 4.40. The van der Waals surface area contributed by atoms with Gasteiger partial charge in [0, 0.05) is 18.4 Å². The van der Waals surface area contributed by atoms with Crippen molar-refractivity contribution in [3.8, 4) is 0 Å². The second-order valence-corrected chi connectivity index (χ2v) is 7.29. The molecule has 0 saturated heterocycles. The van der Waals surface area contributed by atoms with Crippen molar-refractivity contribution in [2.75, 3.05) is 18.2 Å². The van der Waals surface area contributed by atoms with E-state index in [1.165, 1.54) is 12.1 Å². The van der Waals surface area contributed by atoms with Gasteiger partial charge >= 0.3 is 0 Å². The summed E-state index contributed by atoms with van der Waals surface area (Å²) in [6.07, 6.45) is 0. The molecule has 1 N–H and O–H groups in total. The monoisotopic (exact) mass is 333 g/mol. The van der Waals surface area contributed by atoms with Crippen LogP contribution in [0.2, 0.25) is 0 Å². The number of anilines is 1. The van der Waals surface area contributed by atoms with Gasteiger partial charge in [-0.2, -0.15) is 0 Å². The molecule has 23 heavy (non-hydrogen) atoms. The SMILES string of the molecule is CCS(=O)(=O)c1ccc(NC(=O)c2ccc(COC)cc2)cc1. The van der Waals surface area contributed by atoms with Crippen molar-refractivity contribution >= 4 is 21.4 Å². The van der Waals surface area contributed by atoms with Crippen LogP contribution in [0.25, 0.3) is 0 Å². The summed E-state index contributed by atoms with van der Waals surface area (Å²) >= 11 is 0. The van der Waals surface area contributed by atoms with Gasteiger partial charge in [0.15, 0.2) is 9.84 Å². The molecule has 0 heterocycles. The van der Waals surface area contributed by atoms with Crippen molar-refractivity contribution in [1.82, 2.24) is 0 Å². The molecule has 2 rings (SSSR count). The Bertz CT molecular complexity index is 765. The van der Waals surface area contributed by atoms with Gasteiger partial charge in [0.25, 0.3) is 5.91 Å². The van der Waals surface area contributed by atoms with Crippen molar-refractivity contribution in [2.45, 2.75) is 18.4 Å². The molecule has 2 aromatic carbocycles. The predicted octanol–water partition coefficient (Wildman–Crippen LogP) is 2.88. The number of carbonyl (C=O) groups is 1. The van der Waals surface area contributed by atoms with Crippen LogP contribution in [-0.2, 0) is 21.2 Å². The Morgan fingerprint density at radius 3 is 2.17 bits per heavy atom. The molecule has 0 spiro atoms. The van der Waals surface area contributed by atoms with Crippen LogP contribution in [0, 0.1) is 0 Å². The molecular weight excluding hydrogens is 314 g/mol. The maximum absolute atomic E-state index is 12.2. The fourth-order valence-electron chi connectivity index (χ4n) is 2.03. The number of sulfone groups is 1. The number of hydrogen-bond acceptors (Lipinski definition) is 4. The molecule has 0 radical (unpaired) electrons. The van der Waals surface area contributed by atoms with Crippen LogP contribution in [0.1, 0.15) is 22.8 Å². The molecule has 0 saturated carbocycles. The molecule has 0 bridgehead atoms. The Kier molecular flexibility index (Phi) is 5.52. The summed E-state index contributed by atoms with van der Waals surface area (Å²) in [6.45, 7) is 2.09. The standard InChI is InChI=1S/C17H19NO4S/c1-3-23(20,21)16-10-8-15(9-11-16)18-17(19)14-6-4-13(5-7-14)12-22-2/h4-11H,3,12H2,1-2H3,(H,18,19). The summed E-state index contributed by atoms with van der Waals surface area (Å²) in [5.41, 5.74) is 2.05. The Morgan fingerprint density at radius 1 is 1.04 bits per heavy atom. The smallest absolute Gasteiger partial charge is 0.255 e. The number of nitrogens with one attached hydrogen (secondary N) is 1. The van der Waals surface area contributed by atoms with E-state index in [4.69, 9.17) is 4.74 Å². The first-order valence-corrected chi connectivity index (χ1v) is 8.83. The zero-order chi connectivity index (χ0) is 16.9. The Labute approximate surface area is 136 Å². The highest BCUT2D eigenvalue weighted by Crippen LogP contribution is 2.16. The average molecular weight is 333 g/mol. The minimum Gasteiger partial charge on any atom is -0.380 e. The zero-order valence-corrected chi connectivity index (χ0v) is 13.9. The number of amides is 1. The third-order valence-corrected chi connectivity index (χ3v) is 5.13. The second-order valence-electron chi connectivity index (χ2n) is 5.01. The number of rotatable bonds is 6. The van der Waals surface area contributed by atoms with Crippen LogP contribution >= 0.6 is 0 Å². The Balaban J connectivity index is 2.08. The molecule has 0 aromatic heterocycles. The van der Waals surface area contributed by atoms with E-state index in [-0.39, 0.29) is 16.6 Å². The molecule has 6 heteroatoms. The average Bonchev–Trinajstić information content (AvgIpc) is 2.56. The molecule has 5 nitrogen and oxygen atoms in total. The number of ether oxygens (including phenoxy) is 1. The van der Waals surface area contributed by atoms with Crippen molar-refractivity contribution in [3.05, 3.63) is 59.7 Å². The van der Waals surface area contributed by atoms with Crippen LogP contribution in [-0.4, -0.2) is 27.2 Å². The first kappa shape index (κ1) is 17.2. The summed E-state index contributed by atoms with van der Waals surface area (Å²) in [4.78, 5) is 12.4. The fraction of sp³-hybridized carbons (Fsp3) is 0.235. The van der Waals surface area contributed by atoms with Crippen molar-refractivity contribution < 1.29 is 17.9 Å². The highest BCUT2D eigenvalue weighted by Gasteiger charge is 2.11. The highest BCUT2D eigenvalue weighted by atomic mass is 32.2. The highest BCUT2D eigenvalue weighted by molar-refractivity contribution is 7.91. The van der Waals surface area contributed by atoms with Crippen molar-refractivity contribution in [3.63, 3.8) is 0 Å². The van der Waals surface area contributed by atoms with Gasteiger partial charge in [0.1, 0.15) is 0 Å². The molecule has 0 atom stereocenters. The number of methoxy groups -OCH3 is 1. The first-order valence-electron chi connectivity index (χ1n) is 7.18. The summed E-state index contributed by atoms with van der Waals surface area (Å²) in [5, 5.41) is 2.74. The van der Waals surface area contributed by atoms with Gasteiger partial charge in [-0.1, -0.05) is 19.1 Å². The molecule has 0 aliphatic heterocycles. The Hall–Kier alpha value is -2.18. The van der Waals surface area contributed by atoms with Gasteiger partial charge in [0.2, 0.25) is 0 Å². The summed E-state index contributed by atoms with van der Waals surface area (Å²) in [6, 6.07) is 13.3. The lowest BCUT2D eigenvalue weighted by Gasteiger charge is -2.07. The topological polar surface area (TPSA) is 72.5 Å². The van der Waals surface area contributed by atoms with Crippen LogP contribution in [0.15, 0.2) is 53.4 Å². The van der Waals surface area contributed by atoms with Gasteiger partial charge in [-0.25, -0.2) is 8.42 Å². The van der Waals surface area contributed by atoms with E-state index in [2.05, 4.69) is 5.32 Å². The van der Waals surface area contributed by atoms with Crippen LogP contribution in [0.3, 0.4) is 0 Å². The maximum atomic E-state index is 12.2. The molecule has 0 aliphatic carbocycles. The van der Waals surface area contributed by atoms with Gasteiger partial charge < -0.3 is 10.1 Å².